The van der Waals surface area contributed by atoms with Crippen LogP contribution in [0.5, 0.6) is 5.75 Å². The van der Waals surface area contributed by atoms with Crippen LogP contribution in [0.25, 0.3) is 0 Å². The number of Topliss-reactive ketones (excluding diaryl/α,β-unsaturated/α-hetero) is 1. The van der Waals surface area contributed by atoms with Crippen molar-refractivity contribution in [2.75, 3.05) is 7.11 Å². The van der Waals surface area contributed by atoms with Gasteiger partial charge in [-0.05, 0) is 36.0 Å². The third kappa shape index (κ3) is 2.46. The minimum Gasteiger partial charge on any atom is -0.497 e. The third-order valence-electron chi connectivity index (χ3n) is 5.89. The summed E-state index contributed by atoms with van der Waals surface area (Å²) < 4.78 is 5.49. The molecule has 4 heteroatoms. The lowest BCUT2D eigenvalue weighted by Gasteiger charge is -2.44. The maximum atomic E-state index is 13.4. The molecule has 0 fully saturated rings. The van der Waals surface area contributed by atoms with Crippen molar-refractivity contribution in [2.45, 2.75) is 51.9 Å². The number of carbonyl (C=O) groups excluding carboxylic acids is 1. The summed E-state index contributed by atoms with van der Waals surface area (Å²) in [5.41, 5.74) is 6.17. The van der Waals surface area contributed by atoms with Crippen LogP contribution in [-0.4, -0.2) is 17.9 Å². The van der Waals surface area contributed by atoms with Gasteiger partial charge < -0.3 is 4.74 Å². The van der Waals surface area contributed by atoms with Crippen LogP contribution in [0.3, 0.4) is 0 Å². The molecule has 0 radical (unpaired) electrons. The maximum absolute atomic E-state index is 13.4. The number of benzene rings is 1. The maximum Gasteiger partial charge on any atom is 0.160 e. The monoisotopic (exact) mass is 367 g/mol. The highest BCUT2D eigenvalue weighted by Crippen LogP contribution is 2.55. The first-order chi connectivity index (χ1) is 12.4. The van der Waals surface area contributed by atoms with E-state index < -0.39 is 5.41 Å². The van der Waals surface area contributed by atoms with Crippen LogP contribution in [0, 0.1) is 5.41 Å². The van der Waals surface area contributed by atoms with Gasteiger partial charge in [0.15, 0.2) is 5.78 Å². The summed E-state index contributed by atoms with van der Waals surface area (Å²) in [7, 11) is 1.69. The molecule has 136 valence electrons. The Morgan fingerprint density at radius 3 is 2.81 bits per heavy atom. The van der Waals surface area contributed by atoms with Crippen molar-refractivity contribution in [3.63, 3.8) is 0 Å². The summed E-state index contributed by atoms with van der Waals surface area (Å²) in [4.78, 5) is 19.3. The zero-order valence-corrected chi connectivity index (χ0v) is 16.7. The molecule has 1 atom stereocenters. The quantitative estimate of drug-likeness (QED) is 0.758. The van der Waals surface area contributed by atoms with Crippen molar-refractivity contribution in [3.8, 4) is 5.75 Å². The summed E-state index contributed by atoms with van der Waals surface area (Å²) in [6.07, 6.45) is 3.25. The number of ketones is 1. The summed E-state index contributed by atoms with van der Waals surface area (Å²) in [5, 5.41) is 0. The van der Waals surface area contributed by atoms with E-state index in [1.54, 1.807) is 18.4 Å². The van der Waals surface area contributed by atoms with E-state index in [2.05, 4.69) is 37.9 Å². The number of hydrogen-bond donors (Lipinski definition) is 0. The van der Waals surface area contributed by atoms with Crippen LogP contribution in [0.15, 0.2) is 40.9 Å². The Balaban J connectivity index is 2.02. The van der Waals surface area contributed by atoms with Crippen LogP contribution >= 0.6 is 11.3 Å². The second-order valence-electron chi connectivity index (χ2n) is 8.22. The molecular weight excluding hydrogens is 342 g/mol. The largest absolute Gasteiger partial charge is 0.497 e. The Morgan fingerprint density at radius 2 is 2.08 bits per heavy atom. The molecule has 2 aliphatic carbocycles. The zero-order valence-electron chi connectivity index (χ0n) is 15.9. The highest BCUT2D eigenvalue weighted by atomic mass is 32.1. The zero-order chi connectivity index (χ0) is 18.5. The number of aromatic nitrogens is 1. The molecular formula is C22H25NO2S. The first-order valence-electron chi connectivity index (χ1n) is 9.24. The lowest BCUT2D eigenvalue weighted by Crippen LogP contribution is -2.42. The number of methoxy groups -OCH3 is 1. The molecule has 3 nitrogen and oxygen atoms in total. The molecule has 0 saturated carbocycles. The molecule has 0 unspecified atom stereocenters. The highest BCUT2D eigenvalue weighted by molar-refractivity contribution is 7.10. The number of ether oxygens (including phenoxy) is 1. The summed E-state index contributed by atoms with van der Waals surface area (Å²) in [6, 6.07) is 8.22. The van der Waals surface area contributed by atoms with E-state index in [4.69, 9.17) is 4.74 Å². The van der Waals surface area contributed by atoms with Gasteiger partial charge in [0.05, 0.1) is 23.7 Å². The van der Waals surface area contributed by atoms with Gasteiger partial charge in [0.25, 0.3) is 0 Å². The average molecular weight is 368 g/mol. The van der Waals surface area contributed by atoms with E-state index in [0.717, 1.165) is 41.8 Å². The summed E-state index contributed by atoms with van der Waals surface area (Å²) in [6.45, 7) is 6.58. The van der Waals surface area contributed by atoms with Gasteiger partial charge in [0, 0.05) is 23.3 Å². The van der Waals surface area contributed by atoms with Gasteiger partial charge in [0.1, 0.15) is 5.75 Å². The Bertz CT molecular complexity index is 908. The molecule has 1 heterocycles. The third-order valence-corrected chi connectivity index (χ3v) is 6.92. The topological polar surface area (TPSA) is 39.2 Å². The van der Waals surface area contributed by atoms with Crippen molar-refractivity contribution < 1.29 is 9.53 Å². The van der Waals surface area contributed by atoms with Crippen molar-refractivity contribution in [2.24, 2.45) is 5.41 Å². The predicted molar refractivity (Wildman–Crippen MR) is 105 cm³/mol. The Morgan fingerprint density at radius 1 is 1.27 bits per heavy atom. The van der Waals surface area contributed by atoms with E-state index >= 15 is 0 Å². The van der Waals surface area contributed by atoms with Gasteiger partial charge >= 0.3 is 0 Å². The molecule has 0 N–H and O–H groups in total. The van der Waals surface area contributed by atoms with Crippen LogP contribution in [0.4, 0.5) is 0 Å². The number of thiazole rings is 1. The van der Waals surface area contributed by atoms with Crippen molar-refractivity contribution >= 4 is 17.1 Å². The fourth-order valence-electron chi connectivity index (χ4n) is 4.90. The minimum absolute atomic E-state index is 0.0251. The SMILES string of the molecule is CC[C@@]1(c2cccc(OC)c2)C2=C(Cc3ncsc31)CC(C)(C)CC2=O. The minimum atomic E-state index is -0.397. The highest BCUT2D eigenvalue weighted by Gasteiger charge is 2.50. The fraction of sp³-hybridized carbons (Fsp3) is 0.455. The average Bonchev–Trinajstić information content (AvgIpc) is 3.07. The second kappa shape index (κ2) is 6.05. The molecule has 2 aromatic rings. The van der Waals surface area contributed by atoms with E-state index in [1.165, 1.54) is 10.5 Å². The fourth-order valence-corrected chi connectivity index (χ4v) is 6.01. The van der Waals surface area contributed by atoms with Gasteiger partial charge in [-0.3, -0.25) is 4.79 Å². The Kier molecular flexibility index (Phi) is 4.07. The van der Waals surface area contributed by atoms with Crippen LogP contribution in [-0.2, 0) is 16.6 Å². The first-order valence-corrected chi connectivity index (χ1v) is 10.1. The predicted octanol–water partition coefficient (Wildman–Crippen LogP) is 5.09. The molecule has 4 rings (SSSR count). The van der Waals surface area contributed by atoms with Gasteiger partial charge in [-0.15, -0.1) is 11.3 Å². The van der Waals surface area contributed by atoms with Crippen LogP contribution in [0.2, 0.25) is 0 Å². The van der Waals surface area contributed by atoms with E-state index in [-0.39, 0.29) is 5.41 Å². The molecule has 0 bridgehead atoms. The van der Waals surface area contributed by atoms with Crippen molar-refractivity contribution in [1.82, 2.24) is 4.98 Å². The number of nitrogens with zero attached hydrogens (tertiary/aromatic N) is 1. The molecule has 1 aromatic heterocycles. The van der Waals surface area contributed by atoms with E-state index in [0.29, 0.717) is 12.2 Å². The molecule has 0 aliphatic heterocycles. The molecule has 0 spiro atoms. The Labute approximate surface area is 159 Å². The number of fused-ring (bicyclic) bond motifs is 1. The second-order valence-corrected chi connectivity index (χ2v) is 9.07. The van der Waals surface area contributed by atoms with Gasteiger partial charge in [-0.25, -0.2) is 4.98 Å². The lowest BCUT2D eigenvalue weighted by molar-refractivity contribution is -0.118. The molecule has 2 aliphatic rings. The Hall–Kier alpha value is -1.94. The first kappa shape index (κ1) is 17.5. The van der Waals surface area contributed by atoms with Gasteiger partial charge in [-0.2, -0.15) is 0 Å². The number of hydrogen-bond acceptors (Lipinski definition) is 4. The summed E-state index contributed by atoms with van der Waals surface area (Å²) >= 11 is 1.68. The molecule has 1 aromatic carbocycles. The number of carbonyl (C=O) groups is 1. The lowest BCUT2D eigenvalue weighted by atomic mass is 9.59. The number of allylic oxidation sites excluding steroid dienone is 2. The number of rotatable bonds is 3. The van der Waals surface area contributed by atoms with Crippen molar-refractivity contribution in [3.05, 3.63) is 57.1 Å². The van der Waals surface area contributed by atoms with E-state index in [9.17, 15) is 4.79 Å². The molecule has 0 saturated heterocycles. The standard InChI is InChI=1S/C22H25NO2S/c1-5-22(15-7-6-8-16(10-15)25-4)19-14(9-17-20(22)26-13-23-17)11-21(2,3)12-18(19)24/h6-8,10,13H,5,9,11-12H2,1-4H3/t22-/m1/s1. The molecule has 0 amide bonds. The van der Waals surface area contributed by atoms with Gasteiger partial charge in [-0.1, -0.05) is 38.5 Å². The van der Waals surface area contributed by atoms with Crippen molar-refractivity contribution in [1.29, 1.82) is 0 Å². The molecule has 26 heavy (non-hydrogen) atoms. The van der Waals surface area contributed by atoms with Crippen LogP contribution in [0.1, 0.15) is 56.2 Å². The van der Waals surface area contributed by atoms with Crippen LogP contribution < -0.4 is 4.74 Å². The van der Waals surface area contributed by atoms with Gasteiger partial charge in [0.2, 0.25) is 0 Å². The smallest absolute Gasteiger partial charge is 0.160 e. The normalized spacial score (nSPS) is 24.2. The summed E-state index contributed by atoms with van der Waals surface area (Å²) in [5.74, 6) is 1.14. The van der Waals surface area contributed by atoms with E-state index in [1.807, 2.05) is 17.6 Å².